The van der Waals surface area contributed by atoms with E-state index in [1.165, 1.54) is 5.39 Å². The van der Waals surface area contributed by atoms with E-state index in [1.807, 2.05) is 48.5 Å². The maximum atomic E-state index is 9.39. The van der Waals surface area contributed by atoms with E-state index < -0.39 is 0 Å². The third-order valence-corrected chi connectivity index (χ3v) is 4.03. The van der Waals surface area contributed by atoms with Crippen molar-refractivity contribution in [1.82, 2.24) is 0 Å². The second kappa shape index (κ2) is 5.17. The van der Waals surface area contributed by atoms with E-state index in [9.17, 15) is 5.26 Å². The monoisotopic (exact) mass is 286 g/mol. The van der Waals surface area contributed by atoms with Gasteiger partial charge in [0.05, 0.1) is 0 Å². The van der Waals surface area contributed by atoms with Gasteiger partial charge in [0.1, 0.15) is 0 Å². The normalized spacial score (nSPS) is 11.0. The Morgan fingerprint density at radius 3 is 2.14 bits per heavy atom. The minimum absolute atomic E-state index is 0.494. The molecule has 22 heavy (non-hydrogen) atoms. The zero-order chi connectivity index (χ0) is 14.9. The van der Waals surface area contributed by atoms with Gasteiger partial charge in [-0.15, -0.1) is 0 Å². The van der Waals surface area contributed by atoms with Crippen molar-refractivity contribution in [2.45, 2.75) is 0 Å². The van der Waals surface area contributed by atoms with Gasteiger partial charge in [0.25, 0.3) is 0 Å². The molecule has 0 spiro atoms. The van der Waals surface area contributed by atoms with Crippen molar-refractivity contribution in [1.29, 1.82) is 0 Å². The molecule has 0 bridgehead atoms. The highest BCUT2D eigenvalue weighted by molar-refractivity contribution is 5.96. The van der Waals surface area contributed by atoms with E-state index >= 15 is 0 Å². The SMILES string of the molecule is OOc1c(-c2ccc3ccccc3c2)ccc2ccccc12. The molecule has 0 aromatic heterocycles. The zero-order valence-electron chi connectivity index (χ0n) is 11.9. The van der Waals surface area contributed by atoms with Crippen LogP contribution in [-0.4, -0.2) is 5.26 Å². The van der Waals surface area contributed by atoms with Crippen LogP contribution in [0.4, 0.5) is 0 Å². The first-order valence-corrected chi connectivity index (χ1v) is 7.19. The van der Waals surface area contributed by atoms with E-state index in [2.05, 4.69) is 30.3 Å². The Hall–Kier alpha value is -2.84. The molecule has 0 heterocycles. The number of hydrogen-bond donors (Lipinski definition) is 1. The second-order valence-corrected chi connectivity index (χ2v) is 5.32. The van der Waals surface area contributed by atoms with Gasteiger partial charge < -0.3 is 4.89 Å². The Kier molecular flexibility index (Phi) is 3.02. The van der Waals surface area contributed by atoms with Crippen LogP contribution in [-0.2, 0) is 0 Å². The smallest absolute Gasteiger partial charge is 0.180 e. The summed E-state index contributed by atoms with van der Waals surface area (Å²) >= 11 is 0. The molecule has 0 fully saturated rings. The third-order valence-electron chi connectivity index (χ3n) is 4.03. The molecule has 4 aromatic rings. The van der Waals surface area contributed by atoms with Crippen molar-refractivity contribution in [3.05, 3.63) is 78.9 Å². The van der Waals surface area contributed by atoms with Crippen molar-refractivity contribution in [2.24, 2.45) is 0 Å². The molecular formula is C20H14O2. The van der Waals surface area contributed by atoms with Gasteiger partial charge in [-0.2, -0.15) is 0 Å². The molecular weight excluding hydrogens is 272 g/mol. The molecule has 1 N–H and O–H groups in total. The Balaban J connectivity index is 1.99. The molecule has 0 saturated carbocycles. The van der Waals surface area contributed by atoms with Crippen LogP contribution in [0.1, 0.15) is 0 Å². The van der Waals surface area contributed by atoms with Crippen LogP contribution in [0.15, 0.2) is 78.9 Å². The van der Waals surface area contributed by atoms with Crippen LogP contribution < -0.4 is 4.89 Å². The van der Waals surface area contributed by atoms with E-state index in [0.717, 1.165) is 27.3 Å². The van der Waals surface area contributed by atoms with Crippen LogP contribution in [0.5, 0.6) is 5.75 Å². The van der Waals surface area contributed by atoms with Gasteiger partial charge in [0.2, 0.25) is 0 Å². The summed E-state index contributed by atoms with van der Waals surface area (Å²) in [6.45, 7) is 0. The first-order valence-electron chi connectivity index (χ1n) is 7.19. The summed E-state index contributed by atoms with van der Waals surface area (Å²) in [5.41, 5.74) is 1.90. The van der Waals surface area contributed by atoms with Crippen LogP contribution in [0.2, 0.25) is 0 Å². The predicted octanol–water partition coefficient (Wildman–Crippen LogP) is 5.51. The van der Waals surface area contributed by atoms with Crippen LogP contribution >= 0.6 is 0 Å². The average Bonchev–Trinajstić information content (AvgIpc) is 2.60. The largest absolute Gasteiger partial charge is 0.339 e. The van der Waals surface area contributed by atoms with Crippen LogP contribution in [0, 0.1) is 0 Å². The fourth-order valence-electron chi connectivity index (χ4n) is 2.93. The van der Waals surface area contributed by atoms with Crippen molar-refractivity contribution in [3.63, 3.8) is 0 Å². The standard InChI is InChI=1S/C20H14O2/c21-22-20-18-8-4-3-6-15(18)11-12-19(20)17-10-9-14-5-1-2-7-16(14)13-17/h1-13,21H. The maximum absolute atomic E-state index is 9.39. The fraction of sp³-hybridized carbons (Fsp3) is 0. The van der Waals surface area contributed by atoms with E-state index in [4.69, 9.17) is 4.89 Å². The Morgan fingerprint density at radius 2 is 1.32 bits per heavy atom. The topological polar surface area (TPSA) is 29.5 Å². The van der Waals surface area contributed by atoms with Gasteiger partial charge in [-0.1, -0.05) is 66.7 Å². The molecule has 0 amide bonds. The minimum Gasteiger partial charge on any atom is -0.339 e. The lowest BCUT2D eigenvalue weighted by Gasteiger charge is -2.11. The molecule has 0 radical (unpaired) electrons. The third kappa shape index (κ3) is 2.01. The molecule has 0 aliphatic rings. The molecule has 2 nitrogen and oxygen atoms in total. The van der Waals surface area contributed by atoms with Gasteiger partial charge in [-0.25, -0.2) is 5.26 Å². The van der Waals surface area contributed by atoms with E-state index in [-0.39, 0.29) is 0 Å². The summed E-state index contributed by atoms with van der Waals surface area (Å²) in [6.07, 6.45) is 0. The molecule has 2 heteroatoms. The summed E-state index contributed by atoms with van der Waals surface area (Å²) in [5, 5.41) is 13.7. The number of benzene rings is 4. The van der Waals surface area contributed by atoms with Crippen LogP contribution in [0.3, 0.4) is 0 Å². The molecule has 106 valence electrons. The molecule has 0 aliphatic heterocycles. The summed E-state index contributed by atoms with van der Waals surface area (Å²) in [7, 11) is 0. The Morgan fingerprint density at radius 1 is 0.636 bits per heavy atom. The second-order valence-electron chi connectivity index (χ2n) is 5.32. The lowest BCUT2D eigenvalue weighted by molar-refractivity contribution is -0.135. The minimum atomic E-state index is 0.494. The highest BCUT2D eigenvalue weighted by atomic mass is 17.1. The fourth-order valence-corrected chi connectivity index (χ4v) is 2.93. The summed E-state index contributed by atoms with van der Waals surface area (Å²) in [4.78, 5) is 4.73. The van der Waals surface area contributed by atoms with E-state index in [1.54, 1.807) is 0 Å². The number of hydrogen-bond acceptors (Lipinski definition) is 2. The van der Waals surface area contributed by atoms with Crippen molar-refractivity contribution in [2.75, 3.05) is 0 Å². The van der Waals surface area contributed by atoms with Gasteiger partial charge in [-0.3, -0.25) is 0 Å². The van der Waals surface area contributed by atoms with Crippen LogP contribution in [0.25, 0.3) is 32.7 Å². The molecule has 4 rings (SSSR count). The first-order chi connectivity index (χ1) is 10.9. The van der Waals surface area contributed by atoms with Crippen molar-refractivity contribution in [3.8, 4) is 16.9 Å². The first kappa shape index (κ1) is 12.9. The van der Waals surface area contributed by atoms with Gasteiger partial charge >= 0.3 is 0 Å². The van der Waals surface area contributed by atoms with Gasteiger partial charge in [0, 0.05) is 10.9 Å². The summed E-state index contributed by atoms with van der Waals surface area (Å²) in [6, 6.07) is 26.4. The zero-order valence-corrected chi connectivity index (χ0v) is 11.9. The Labute approximate surface area is 128 Å². The quantitative estimate of drug-likeness (QED) is 0.389. The number of fused-ring (bicyclic) bond motifs is 2. The van der Waals surface area contributed by atoms with Crippen molar-refractivity contribution >= 4 is 21.5 Å². The summed E-state index contributed by atoms with van der Waals surface area (Å²) < 4.78 is 0. The summed E-state index contributed by atoms with van der Waals surface area (Å²) in [5.74, 6) is 0.494. The lowest BCUT2D eigenvalue weighted by Crippen LogP contribution is -1.90. The molecule has 0 unspecified atom stereocenters. The van der Waals surface area contributed by atoms with E-state index in [0.29, 0.717) is 5.75 Å². The van der Waals surface area contributed by atoms with Gasteiger partial charge in [-0.05, 0) is 33.9 Å². The van der Waals surface area contributed by atoms with Gasteiger partial charge in [0.15, 0.2) is 5.75 Å². The average molecular weight is 286 g/mol. The molecule has 0 atom stereocenters. The number of rotatable bonds is 2. The highest BCUT2D eigenvalue weighted by Gasteiger charge is 2.11. The Bertz CT molecular complexity index is 973. The van der Waals surface area contributed by atoms with Crippen molar-refractivity contribution < 1.29 is 10.1 Å². The predicted molar refractivity (Wildman–Crippen MR) is 90.1 cm³/mol. The maximum Gasteiger partial charge on any atom is 0.180 e. The lowest BCUT2D eigenvalue weighted by atomic mass is 9.97. The molecule has 4 aromatic carbocycles. The highest BCUT2D eigenvalue weighted by Crippen LogP contribution is 2.37. The molecule has 0 saturated heterocycles. The molecule has 0 aliphatic carbocycles.